The number of anilines is 1. The van der Waals surface area contributed by atoms with Crippen molar-refractivity contribution >= 4 is 45.7 Å². The van der Waals surface area contributed by atoms with Crippen molar-refractivity contribution in [2.75, 3.05) is 57.3 Å². The number of halogens is 1. The molecule has 15 heteroatoms. The van der Waals surface area contributed by atoms with Crippen LogP contribution in [0, 0.1) is 11.2 Å². The van der Waals surface area contributed by atoms with Crippen molar-refractivity contribution in [1.82, 2.24) is 40.3 Å². The lowest BCUT2D eigenvalue weighted by molar-refractivity contribution is -0.129. The number of phenolic OH excluding ortho intramolecular Hbond substituents is 1. The number of pyridine rings is 1. The van der Waals surface area contributed by atoms with Crippen molar-refractivity contribution in [1.29, 1.82) is 0 Å². The molecule has 0 spiro atoms. The van der Waals surface area contributed by atoms with Crippen molar-refractivity contribution < 1.29 is 28.6 Å². The normalized spacial score (nSPS) is 20.4. The minimum Gasteiger partial charge on any atom is -0.508 e. The number of carbonyl (C=O) groups is 3. The number of imide groups is 1. The van der Waals surface area contributed by atoms with Crippen LogP contribution in [0.25, 0.3) is 32.9 Å². The summed E-state index contributed by atoms with van der Waals surface area (Å²) in [5, 5.41) is 18.7. The summed E-state index contributed by atoms with van der Waals surface area (Å²) in [7, 11) is 0. The first-order valence-corrected chi connectivity index (χ1v) is 22.9. The van der Waals surface area contributed by atoms with E-state index in [-0.39, 0.29) is 46.4 Å². The Morgan fingerprint density at radius 1 is 0.984 bits per heavy atom. The molecule has 5 heterocycles. The maximum absolute atomic E-state index is 17.0. The third-order valence-corrected chi connectivity index (χ3v) is 13.7. The number of aromatic hydroxyl groups is 1. The van der Waals surface area contributed by atoms with Gasteiger partial charge in [-0.25, -0.2) is 4.39 Å². The lowest BCUT2D eigenvalue weighted by Gasteiger charge is -2.39. The summed E-state index contributed by atoms with van der Waals surface area (Å²) in [5.74, 6) is -0.550. The van der Waals surface area contributed by atoms with Crippen LogP contribution >= 0.6 is 0 Å². The Morgan fingerprint density at radius 3 is 2.45 bits per heavy atom. The maximum atomic E-state index is 17.0. The molecule has 5 aromatic rings. The van der Waals surface area contributed by atoms with Gasteiger partial charge >= 0.3 is 6.01 Å². The van der Waals surface area contributed by atoms with E-state index in [4.69, 9.17) is 14.7 Å². The molecule has 1 saturated carbocycles. The van der Waals surface area contributed by atoms with Gasteiger partial charge in [-0.05, 0) is 72.2 Å². The van der Waals surface area contributed by atoms with Gasteiger partial charge in [-0.1, -0.05) is 63.6 Å². The molecular weight excluding hydrogens is 814 g/mol. The van der Waals surface area contributed by atoms with Gasteiger partial charge in [-0.2, -0.15) is 9.97 Å². The topological polar surface area (TPSA) is 156 Å². The summed E-state index contributed by atoms with van der Waals surface area (Å²) in [6, 6.07) is 16.7. The van der Waals surface area contributed by atoms with Gasteiger partial charge in [0.2, 0.25) is 12.3 Å². The Kier molecular flexibility index (Phi) is 12.5. The molecule has 3 N–H and O–H groups in total. The lowest BCUT2D eigenvalue weighted by Crippen LogP contribution is -2.56. The Hall–Kier alpha value is -5.77. The second-order valence-corrected chi connectivity index (χ2v) is 18.2. The number of rotatable bonds is 16. The number of phenols is 1. The maximum Gasteiger partial charge on any atom is 0.319 e. The van der Waals surface area contributed by atoms with Gasteiger partial charge in [-0.15, -0.1) is 0 Å². The predicted octanol–water partition coefficient (Wildman–Crippen LogP) is 6.03. The Balaban J connectivity index is 0.885. The molecule has 3 fully saturated rings. The smallest absolute Gasteiger partial charge is 0.319 e. The Bertz CT molecular complexity index is 2550. The fourth-order valence-corrected chi connectivity index (χ4v) is 9.90. The summed E-state index contributed by atoms with van der Waals surface area (Å²) in [4.78, 5) is 60.1. The second-order valence-electron chi connectivity index (χ2n) is 18.2. The van der Waals surface area contributed by atoms with E-state index in [1.807, 2.05) is 43.3 Å². The van der Waals surface area contributed by atoms with Gasteiger partial charge in [0.25, 0.3) is 5.91 Å². The third kappa shape index (κ3) is 8.85. The predicted molar refractivity (Wildman–Crippen MR) is 244 cm³/mol. The van der Waals surface area contributed by atoms with E-state index in [1.54, 1.807) is 23.2 Å². The molecule has 64 heavy (non-hydrogen) atoms. The quantitative estimate of drug-likeness (QED) is 0.0992. The number of nitrogens with zero attached hydrogens (tertiary/aromatic N) is 7. The molecule has 3 aromatic carbocycles. The summed E-state index contributed by atoms with van der Waals surface area (Å²) >= 11 is 0. The molecule has 3 aliphatic heterocycles. The molecule has 3 amide bonds. The van der Waals surface area contributed by atoms with Crippen LogP contribution in [0.15, 0.2) is 60.8 Å². The van der Waals surface area contributed by atoms with E-state index in [1.165, 1.54) is 0 Å². The van der Waals surface area contributed by atoms with Gasteiger partial charge in [0.1, 0.15) is 28.8 Å². The number of nitrogens with one attached hydrogen (secondary N) is 2. The van der Waals surface area contributed by atoms with Gasteiger partial charge < -0.3 is 29.9 Å². The number of ether oxygens (including phenoxy) is 1. The molecule has 3 unspecified atom stereocenters. The van der Waals surface area contributed by atoms with Crippen LogP contribution < -0.4 is 20.3 Å². The zero-order valence-electron chi connectivity index (χ0n) is 37.0. The molecule has 0 bridgehead atoms. The Labute approximate surface area is 373 Å². The van der Waals surface area contributed by atoms with Crippen molar-refractivity contribution in [3.8, 4) is 23.0 Å². The Morgan fingerprint density at radius 2 is 1.73 bits per heavy atom. The summed E-state index contributed by atoms with van der Waals surface area (Å²) < 4.78 is 23.5. The van der Waals surface area contributed by atoms with Gasteiger partial charge in [0, 0.05) is 93.7 Å². The van der Waals surface area contributed by atoms with Crippen LogP contribution in [0.2, 0.25) is 0 Å². The molecule has 0 radical (unpaired) electrons. The third-order valence-electron chi connectivity index (χ3n) is 13.7. The molecule has 2 aromatic heterocycles. The molecule has 14 nitrogen and oxygen atoms in total. The van der Waals surface area contributed by atoms with E-state index in [0.717, 1.165) is 86.9 Å². The van der Waals surface area contributed by atoms with E-state index < -0.39 is 17.8 Å². The van der Waals surface area contributed by atoms with E-state index in [0.29, 0.717) is 67.8 Å². The average molecular weight is 872 g/mol. The number of aromatic nitrogens is 3. The van der Waals surface area contributed by atoms with Crippen LogP contribution in [0.4, 0.5) is 10.2 Å². The minimum absolute atomic E-state index is 0.0314. The SMILES string of the molecule is CCCC(C(=O)NC=O)N1Cc2cc(CN3CCN(CC4(COc5nc(N6CC(CC)NC(CC)C6)c6cnc(-c7cc(O)cc8ccccc78)c(F)c6n5)CC4)CC3)ccc2C1=O. The van der Waals surface area contributed by atoms with E-state index >= 15 is 4.39 Å². The first kappa shape index (κ1) is 43.5. The van der Waals surface area contributed by atoms with E-state index in [2.05, 4.69) is 50.2 Å². The first-order valence-electron chi connectivity index (χ1n) is 22.9. The van der Waals surface area contributed by atoms with Gasteiger partial charge in [0.05, 0.1) is 12.0 Å². The minimum atomic E-state index is -0.684. The molecule has 9 rings (SSSR count). The number of fused-ring (bicyclic) bond motifs is 3. The molecular formula is C49H58FN9O5. The fraction of sp³-hybridized carbons (Fsp3) is 0.469. The van der Waals surface area contributed by atoms with Crippen LogP contribution in [0.5, 0.6) is 11.8 Å². The highest BCUT2D eigenvalue weighted by atomic mass is 19.1. The zero-order chi connectivity index (χ0) is 44.5. The van der Waals surface area contributed by atoms with Crippen LogP contribution in [-0.4, -0.2) is 124 Å². The van der Waals surface area contributed by atoms with Gasteiger partial charge in [-0.3, -0.25) is 29.6 Å². The van der Waals surface area contributed by atoms with Crippen molar-refractivity contribution in [3.63, 3.8) is 0 Å². The summed E-state index contributed by atoms with van der Waals surface area (Å²) in [6.07, 6.45) is 7.17. The average Bonchev–Trinajstić information content (AvgIpc) is 4.00. The van der Waals surface area contributed by atoms with Crippen LogP contribution in [0.1, 0.15) is 80.8 Å². The summed E-state index contributed by atoms with van der Waals surface area (Å²) in [6.45, 7) is 13.7. The second kappa shape index (κ2) is 18.4. The number of amides is 3. The number of carbonyl (C=O) groups excluding carboxylic acids is 3. The number of benzene rings is 3. The van der Waals surface area contributed by atoms with Crippen molar-refractivity contribution in [2.45, 2.75) is 90.5 Å². The number of hydrogen-bond acceptors (Lipinski definition) is 12. The molecule has 336 valence electrons. The summed E-state index contributed by atoms with van der Waals surface area (Å²) in [5.41, 5.74) is 3.35. The lowest BCUT2D eigenvalue weighted by atomic mass is 10.00. The van der Waals surface area contributed by atoms with Crippen molar-refractivity contribution in [3.05, 3.63) is 83.3 Å². The molecule has 3 atom stereocenters. The van der Waals surface area contributed by atoms with Gasteiger partial charge in [0.15, 0.2) is 5.82 Å². The molecule has 4 aliphatic rings. The number of piperazine rings is 2. The molecule has 1 aliphatic carbocycles. The highest BCUT2D eigenvalue weighted by Gasteiger charge is 2.45. The fourth-order valence-electron chi connectivity index (χ4n) is 9.90. The first-order chi connectivity index (χ1) is 31.1. The standard InChI is InChI=1S/C49H58FN9O5/c1-4-9-41(46(62)52-30-60)59-25-33-20-31(12-13-38(33)47(59)63)24-56-16-18-57(19-17-56)28-49(14-15-49)29-64-48-54-44-40(45(55-48)58-26-34(5-2)53-35(6-3)27-58)23-51-43(42(44)50)39-22-36(61)21-32-10-7-8-11-37(32)39/h7-8,10-13,20-23,30,34-35,41,53,61H,4-6,9,14-19,24-29H2,1-3H3,(H,52,60,62). The van der Waals surface area contributed by atoms with Crippen LogP contribution in [0.3, 0.4) is 0 Å². The van der Waals surface area contributed by atoms with E-state index in [9.17, 15) is 19.5 Å². The highest BCUT2D eigenvalue weighted by molar-refractivity contribution is 6.02. The molecule has 2 saturated heterocycles. The van der Waals surface area contributed by atoms with Crippen LogP contribution in [-0.2, 0) is 22.7 Å². The zero-order valence-corrected chi connectivity index (χ0v) is 37.0. The monoisotopic (exact) mass is 871 g/mol. The highest BCUT2D eigenvalue weighted by Crippen LogP contribution is 2.47. The number of hydrogen-bond donors (Lipinski definition) is 3. The largest absolute Gasteiger partial charge is 0.508 e. The van der Waals surface area contributed by atoms with Crippen molar-refractivity contribution in [2.24, 2.45) is 5.41 Å².